The van der Waals surface area contributed by atoms with Gasteiger partial charge in [0.25, 0.3) is 0 Å². The molecule has 0 saturated heterocycles. The Morgan fingerprint density at radius 1 is 0.584 bits per heavy atom. The number of aliphatic hydroxyl groups is 3. The average Bonchev–Trinajstić information content (AvgIpc) is 1.68. The second kappa shape index (κ2) is 35.1. The smallest absolute Gasteiger partial charge is 1.00 e. The molecule has 0 spiro atoms. The van der Waals surface area contributed by atoms with Gasteiger partial charge in [0.05, 0.1) is 48.0 Å². The second-order valence-corrected chi connectivity index (χ2v) is 48.1. The van der Waals surface area contributed by atoms with Gasteiger partial charge in [0.15, 0.2) is 0 Å². The van der Waals surface area contributed by atoms with Crippen LogP contribution in [-0.4, -0.2) is 129 Å². The fraction of sp³-hybridized carbons (Fsp3) is 0.880. The molecule has 2 heterocycles. The zero-order valence-electron chi connectivity index (χ0n) is 100. The Labute approximate surface area is 725 Å². The minimum Gasteiger partial charge on any atom is -1.00 e. The van der Waals surface area contributed by atoms with Crippen LogP contribution in [0, 0.1) is 121 Å². The Bertz CT molecular complexity index is 3110. The summed E-state index contributed by atoms with van der Waals surface area (Å²) in [6.07, 6.45) is 42.6. The van der Waals surface area contributed by atoms with Crippen LogP contribution in [0.4, 0.5) is 0 Å². The number of terminal acetylenes is 1. The number of oxime groups is 1. The van der Waals surface area contributed by atoms with Crippen molar-refractivity contribution in [3.8, 4) is 12.0 Å². The number of hydrogen-bond acceptors (Lipinski definition) is 13. The number of aromatic nitrogens is 2. The van der Waals surface area contributed by atoms with Gasteiger partial charge >= 0.3 is 68.9 Å². The molecule has 606 valence electrons. The van der Waals surface area contributed by atoms with E-state index in [0.29, 0.717) is 51.8 Å². The van der Waals surface area contributed by atoms with Crippen molar-refractivity contribution in [1.29, 1.82) is 0 Å². The number of ether oxygens (including phenoxy) is 3. The molecule has 0 radical (unpaired) electrons. The molecular formula is C83H178CsFN4O10Si2. The Morgan fingerprint density at radius 2 is 0.970 bits per heavy atom. The normalized spacial score (nSPS) is 45.1. The molecule has 0 aliphatic heterocycles. The summed E-state index contributed by atoms with van der Waals surface area (Å²) in [5, 5.41) is 55.0. The second-order valence-electron chi connectivity index (χ2n) is 38.3. The molecule has 0 bridgehead atoms. The van der Waals surface area contributed by atoms with Gasteiger partial charge in [-0.05, 0) is 324 Å². The minimum atomic E-state index is -1.47. The predicted octanol–water partition coefficient (Wildman–Crippen LogP) is 16.0. The van der Waals surface area contributed by atoms with Crippen molar-refractivity contribution in [2.45, 2.75) is 304 Å². The van der Waals surface area contributed by atoms with Gasteiger partial charge in [0, 0.05) is 108 Å². The van der Waals surface area contributed by atoms with E-state index in [-0.39, 0.29) is 103 Å². The molecule has 14 nitrogen and oxygen atoms in total. The molecule has 24 atom stereocenters. The van der Waals surface area contributed by atoms with Gasteiger partial charge in [-0.2, -0.15) is 0 Å². The van der Waals surface area contributed by atoms with Crippen molar-refractivity contribution in [2.24, 2.45) is 120 Å². The zero-order valence-corrected chi connectivity index (χ0v) is 74.3. The summed E-state index contributed by atoms with van der Waals surface area (Å²) in [7, 11) is 3.05. The summed E-state index contributed by atoms with van der Waals surface area (Å²) in [5.41, 5.74) is 5.53. The quantitative estimate of drug-likeness (QED) is 0.0545. The number of rotatable bonds is 11. The largest absolute Gasteiger partial charge is 1.00 e. The number of fused-ring (bicyclic) bond motifs is 15. The topological polar surface area (TPSA) is 217 Å². The number of methoxy groups -OCH3 is 3. The van der Waals surface area contributed by atoms with E-state index in [4.69, 9.17) is 85.4 Å². The van der Waals surface area contributed by atoms with Gasteiger partial charge in [-0.3, -0.25) is 4.99 Å². The molecule has 12 aliphatic carbocycles. The van der Waals surface area contributed by atoms with E-state index in [1.165, 1.54) is 127 Å². The number of aliphatic imine (C=N–C) groups is 1. The summed E-state index contributed by atoms with van der Waals surface area (Å²) >= 11 is 0. The minimum absolute atomic E-state index is 0. The van der Waals surface area contributed by atoms with Crippen molar-refractivity contribution >= 4 is 34.0 Å². The molecule has 12 aliphatic rings. The molecule has 12 saturated carbocycles. The third-order valence-electron chi connectivity index (χ3n) is 30.8. The van der Waals surface area contributed by atoms with E-state index in [0.717, 1.165) is 143 Å². The van der Waals surface area contributed by atoms with Gasteiger partial charge in [0.2, 0.25) is 0 Å². The Hall–Kier alpha value is -0.744. The van der Waals surface area contributed by atoms with Gasteiger partial charge in [-0.1, -0.05) is 77.8 Å². The van der Waals surface area contributed by atoms with Crippen molar-refractivity contribution in [2.75, 3.05) is 47.7 Å². The van der Waals surface area contributed by atoms with Gasteiger partial charge < -0.3 is 54.0 Å². The molecular weight excluding hydrogens is 1420 g/mol. The monoisotopic (exact) mass is 1630 g/mol. The van der Waals surface area contributed by atoms with Crippen LogP contribution < -0.4 is 79.0 Å². The fourth-order valence-corrected chi connectivity index (χ4v) is 27.0. The first-order valence-corrected chi connectivity index (χ1v) is 46.3. The summed E-state index contributed by atoms with van der Waals surface area (Å²) in [5.74, 6) is 10.4. The molecule has 2 aromatic heterocycles. The molecule has 0 unspecified atom stereocenters. The fourth-order valence-electron chi connectivity index (χ4n) is 26.1. The zero-order chi connectivity index (χ0) is 104. The summed E-state index contributed by atoms with van der Waals surface area (Å²) in [6, 6.07) is 4.42. The van der Waals surface area contributed by atoms with E-state index < -0.39 is 33.0 Å². The van der Waals surface area contributed by atoms with Crippen LogP contribution in [0.1, 0.15) is 310 Å². The van der Waals surface area contributed by atoms with Crippen molar-refractivity contribution in [1.82, 2.24) is 10.3 Å². The molecule has 101 heavy (non-hydrogen) atoms. The number of hydrogen-bond donors (Lipinski definition) is 4. The maximum atomic E-state index is 10.8. The van der Waals surface area contributed by atoms with Crippen LogP contribution >= 0.6 is 0 Å². The summed E-state index contributed by atoms with van der Waals surface area (Å²) < 4.78 is 199. The predicted molar refractivity (Wildman–Crippen MR) is 444 cm³/mol. The van der Waals surface area contributed by atoms with Crippen molar-refractivity contribution in [3.63, 3.8) is 0 Å². The molecule has 6 N–H and O–H groups in total. The Kier molecular flexibility index (Phi) is 23.0. The first kappa shape index (κ1) is 66.1. The van der Waals surface area contributed by atoms with Crippen molar-refractivity contribution < 1.29 is 173 Å². The Morgan fingerprint density at radius 3 is 1.30 bits per heavy atom. The number of halogens is 1. The van der Waals surface area contributed by atoms with Crippen LogP contribution in [-0.2, 0) is 14.2 Å². The van der Waals surface area contributed by atoms with Crippen LogP contribution in [0.15, 0.2) is 37.6 Å². The first-order chi connectivity index (χ1) is 62.7. The Balaban J connectivity index is -0.000000137. The van der Waals surface area contributed by atoms with Gasteiger partial charge in [-0.15, -0.1) is 17.1 Å². The maximum Gasteiger partial charge on any atom is 1.00 e. The van der Waals surface area contributed by atoms with Crippen molar-refractivity contribution in [3.05, 3.63) is 29.8 Å². The van der Waals surface area contributed by atoms with Crippen LogP contribution in [0.3, 0.4) is 0 Å². The van der Waals surface area contributed by atoms with Crippen LogP contribution in [0.5, 0.6) is 0 Å². The molecule has 0 aromatic carbocycles. The summed E-state index contributed by atoms with van der Waals surface area (Å²) in [4.78, 5) is 3.85. The molecule has 2 aromatic rings. The van der Waals surface area contributed by atoms with E-state index >= 15 is 0 Å². The van der Waals surface area contributed by atoms with E-state index in [1.807, 2.05) is 55.2 Å². The molecule has 0 amide bonds. The molecule has 18 heteroatoms. The van der Waals surface area contributed by atoms with E-state index in [2.05, 4.69) is 105 Å². The third-order valence-corrected chi connectivity index (χ3v) is 33.3. The van der Waals surface area contributed by atoms with Gasteiger partial charge in [0.1, 0.15) is 27.8 Å². The van der Waals surface area contributed by atoms with E-state index in [1.54, 1.807) is 12.5 Å². The summed E-state index contributed by atoms with van der Waals surface area (Å²) in [6.45, 7) is 34.6. The first-order valence-electron chi connectivity index (χ1n) is 56.3. The van der Waals surface area contributed by atoms with Crippen LogP contribution in [0.25, 0.3) is 0 Å². The standard InChI is InChI=1S/C27H45NO3Si.C24H37NO3.C22H37NO3.C5H10Si.C4H9N.CH4.Cs.FH.H2O.17H2/c1-25(29)13-14-27(17-30-3)18(16-25)7-8-19-20-9-10-22(26(20,2)12-11-21(19)27)23-15-24(31-28-23)32(4,5)6;1-22(26)11-12-24(15-27-3)16(14-22)4-5-17-18-6-7-20(21-9-13-28-25-21)23(18,2)10-8-19(17)24;1-20(24)10-11-22(14-26-3)15(12-20)4-6-17-18-7-5-16(13-23-25)21(18,2)9-8-19(17)22;1-5-6(2,3)4;1-3-5-4-2;;;;;;;;;;;;;;;;;;;;;/h15,18-22,29H,7-14,16-17H2,1-6H3;9,13,16-20,26H,4-8,10-12,14-15H2,1-3H3;13,15-19,24-25H,4-12,14H2,1-3H3;1H,2-4H3;3H,4H2,1-2H3;1H4;;1H;1H2;17*1H/q;;;;;;+1;;;;;;;;;;;;;;;;;;;/p-1/b;;23-13+;;;;;;;;;;;;;;;;;;;;;;;/t18-,19+,20+,21+,22-,25-,26+,27-;16-,17+,18+,19+,20-,22-,23+,24-;15-,16-,17+,18+,19+,20-,21-,22-;;;;;;;;;;;;;;;;;;;;;;;/m111......................./s1/i;;;;;;;;;17*1+1D. The third kappa shape index (κ3) is 17.9. The SMILES string of the molecule is C.C#C[Si](C)(C)C.CC=NCC.COC[C@]12CC[C@@](C)(O)C[C@H]1CC[C@H]1[C@@H]3CC[C@H](/C=N/O)[C@@]3(C)CC[C@@H]12.COC[C@]12CC[C@@](C)(O)C[C@H]1CC[C@H]1[C@@H]3CC[C@H](c4cc([Si](C)(C)C)on4)[C@@]3(C)CC[C@@H]12.COC[C@]12CC[C@@](C)(O)C[C@H]1CC[C@H]1[C@@H]3CC[C@H](c4ccon4)[C@@]3(C)CC[C@@H]12.O.[2H][2H].[2H][2H].[2H][2H].[2H][2H].[2H][2H].[2H][2H].[2H][2H].[2H][2H].[2H][2H].[2H][2H].[2H][2H].[2H][2H].[2H][2H].[2H][2H].[2H][2H].[2H][2H].[2H][2H].[Cs+].[F-]. The number of nitrogens with zero attached hydrogens (tertiary/aromatic N) is 4. The average molecular weight is 1630 g/mol. The van der Waals surface area contributed by atoms with Gasteiger partial charge in [-0.25, -0.2) is 0 Å². The van der Waals surface area contributed by atoms with E-state index in [9.17, 15) is 15.3 Å². The maximum absolute atomic E-state index is 10.8. The molecule has 12 fully saturated rings. The molecule has 14 rings (SSSR count). The van der Waals surface area contributed by atoms with Crippen LogP contribution in [0.2, 0.25) is 39.3 Å².